The summed E-state index contributed by atoms with van der Waals surface area (Å²) >= 11 is 0. The third-order valence-electron chi connectivity index (χ3n) is 5.36. The first-order chi connectivity index (χ1) is 15.9. The van der Waals surface area contributed by atoms with Crippen molar-refractivity contribution in [2.45, 2.75) is 44.9 Å². The molecule has 0 radical (unpaired) electrons. The monoisotopic (exact) mass is 447 g/mol. The van der Waals surface area contributed by atoms with Gasteiger partial charge in [0.05, 0.1) is 18.2 Å². The average molecular weight is 447 g/mol. The summed E-state index contributed by atoms with van der Waals surface area (Å²) in [5, 5.41) is 0. The van der Waals surface area contributed by atoms with E-state index in [1.807, 2.05) is 10.6 Å². The number of ether oxygens (including phenoxy) is 3. The minimum absolute atomic E-state index is 0.0161. The molecule has 7 nitrogen and oxygen atoms in total. The Hall–Kier alpha value is -3.97. The van der Waals surface area contributed by atoms with Gasteiger partial charge in [-0.2, -0.15) is 0 Å². The predicted octanol–water partition coefficient (Wildman–Crippen LogP) is 3.91. The number of ketones is 1. The summed E-state index contributed by atoms with van der Waals surface area (Å²) in [5.74, 6) is 3.60. The maximum absolute atomic E-state index is 12.8. The fourth-order valence-corrected chi connectivity index (χ4v) is 3.77. The van der Waals surface area contributed by atoms with Crippen molar-refractivity contribution in [2.75, 3.05) is 6.61 Å². The number of benzene rings is 1. The standard InChI is InChI=1S/C26H25NO6/c1-4-9-19(10-5-2)17-31-26(30)33-18(3)32-25(29)21-15-16-27-22(21)13-14-23(27)24(28)20-11-7-6-8-12-20/h1-2,6-8,11-14,18-19,21H,9-10,15-17H2,3H3. The fourth-order valence-electron chi connectivity index (χ4n) is 3.77. The van der Waals surface area contributed by atoms with Crippen LogP contribution in [0.3, 0.4) is 0 Å². The first kappa shape index (κ1) is 23.7. The normalized spacial score (nSPS) is 15.1. The van der Waals surface area contributed by atoms with Crippen LogP contribution < -0.4 is 0 Å². The lowest BCUT2D eigenvalue weighted by molar-refractivity contribution is -0.170. The smallest absolute Gasteiger partial charge is 0.434 e. The molecule has 0 saturated heterocycles. The van der Waals surface area contributed by atoms with Gasteiger partial charge in [0, 0.05) is 43.5 Å². The number of hydrogen-bond acceptors (Lipinski definition) is 6. The molecule has 3 rings (SSSR count). The summed E-state index contributed by atoms with van der Waals surface area (Å²) in [6.45, 7) is 1.96. The maximum Gasteiger partial charge on any atom is 0.511 e. The van der Waals surface area contributed by atoms with Gasteiger partial charge < -0.3 is 18.8 Å². The molecule has 1 aliphatic heterocycles. The Morgan fingerprint density at radius 1 is 1.06 bits per heavy atom. The van der Waals surface area contributed by atoms with Crippen molar-refractivity contribution in [1.29, 1.82) is 0 Å². The summed E-state index contributed by atoms with van der Waals surface area (Å²) in [4.78, 5) is 37.4. The van der Waals surface area contributed by atoms with E-state index in [2.05, 4.69) is 11.8 Å². The zero-order valence-electron chi connectivity index (χ0n) is 18.4. The molecule has 1 aliphatic rings. The van der Waals surface area contributed by atoms with E-state index in [-0.39, 0.29) is 18.3 Å². The lowest BCUT2D eigenvalue weighted by Crippen LogP contribution is -2.26. The summed E-state index contributed by atoms with van der Waals surface area (Å²) < 4.78 is 17.2. The third-order valence-corrected chi connectivity index (χ3v) is 5.36. The second kappa shape index (κ2) is 11.1. The Morgan fingerprint density at radius 2 is 1.76 bits per heavy atom. The summed E-state index contributed by atoms with van der Waals surface area (Å²) in [5.41, 5.74) is 1.80. The highest BCUT2D eigenvalue weighted by Gasteiger charge is 2.34. The van der Waals surface area contributed by atoms with Gasteiger partial charge in [0.1, 0.15) is 0 Å². The largest absolute Gasteiger partial charge is 0.511 e. The third kappa shape index (κ3) is 5.84. The van der Waals surface area contributed by atoms with E-state index in [0.29, 0.717) is 42.8 Å². The molecule has 7 heteroatoms. The van der Waals surface area contributed by atoms with Crippen LogP contribution in [-0.2, 0) is 25.5 Å². The molecule has 2 aromatic rings. The Bertz CT molecular complexity index is 1070. The highest BCUT2D eigenvalue weighted by molar-refractivity contribution is 6.08. The molecule has 2 unspecified atom stereocenters. The molecule has 0 bridgehead atoms. The van der Waals surface area contributed by atoms with Crippen LogP contribution in [0.2, 0.25) is 0 Å². The lowest BCUT2D eigenvalue weighted by atomic mass is 10.0. The van der Waals surface area contributed by atoms with E-state index in [0.717, 1.165) is 0 Å². The van der Waals surface area contributed by atoms with Gasteiger partial charge in [-0.25, -0.2) is 4.79 Å². The molecule has 33 heavy (non-hydrogen) atoms. The van der Waals surface area contributed by atoms with Gasteiger partial charge in [-0.1, -0.05) is 30.3 Å². The minimum Gasteiger partial charge on any atom is -0.434 e. The van der Waals surface area contributed by atoms with Gasteiger partial charge in [0.25, 0.3) is 0 Å². The van der Waals surface area contributed by atoms with Crippen molar-refractivity contribution in [3.63, 3.8) is 0 Å². The number of aromatic nitrogens is 1. The highest BCUT2D eigenvalue weighted by atomic mass is 16.8. The Kier molecular flexibility index (Phi) is 7.94. The molecule has 2 atom stereocenters. The summed E-state index contributed by atoms with van der Waals surface area (Å²) in [6.07, 6.45) is 9.67. The zero-order valence-corrected chi connectivity index (χ0v) is 18.4. The molecule has 0 N–H and O–H groups in total. The lowest BCUT2D eigenvalue weighted by Gasteiger charge is -2.17. The van der Waals surface area contributed by atoms with Gasteiger partial charge >= 0.3 is 12.1 Å². The van der Waals surface area contributed by atoms with Crippen molar-refractivity contribution in [2.24, 2.45) is 5.92 Å². The number of carbonyl (C=O) groups excluding carboxylic acids is 3. The van der Waals surface area contributed by atoms with E-state index >= 15 is 0 Å². The summed E-state index contributed by atoms with van der Waals surface area (Å²) in [7, 11) is 0. The zero-order chi connectivity index (χ0) is 23.8. The molecular weight excluding hydrogens is 422 g/mol. The van der Waals surface area contributed by atoms with Crippen molar-refractivity contribution >= 4 is 17.9 Å². The first-order valence-corrected chi connectivity index (χ1v) is 10.6. The van der Waals surface area contributed by atoms with Gasteiger partial charge in [0.2, 0.25) is 12.1 Å². The van der Waals surface area contributed by atoms with Crippen LogP contribution in [0, 0.1) is 30.6 Å². The Labute approximate surface area is 193 Å². The highest BCUT2D eigenvalue weighted by Crippen LogP contribution is 2.32. The molecule has 0 fully saturated rings. The van der Waals surface area contributed by atoms with E-state index in [4.69, 9.17) is 27.1 Å². The molecule has 0 spiro atoms. The number of rotatable bonds is 9. The first-order valence-electron chi connectivity index (χ1n) is 10.6. The molecule has 1 aromatic carbocycles. The van der Waals surface area contributed by atoms with Crippen LogP contribution in [0.5, 0.6) is 0 Å². The molecule has 170 valence electrons. The molecule has 2 heterocycles. The Balaban J connectivity index is 1.54. The van der Waals surface area contributed by atoms with Crippen LogP contribution >= 0.6 is 0 Å². The molecule has 0 aliphatic carbocycles. The topological polar surface area (TPSA) is 83.8 Å². The van der Waals surface area contributed by atoms with E-state index in [1.165, 1.54) is 6.92 Å². The van der Waals surface area contributed by atoms with Crippen molar-refractivity contribution in [3.05, 3.63) is 59.4 Å². The van der Waals surface area contributed by atoms with Crippen LogP contribution in [0.1, 0.15) is 53.8 Å². The quantitative estimate of drug-likeness (QED) is 0.251. The number of esters is 1. The van der Waals surface area contributed by atoms with E-state index < -0.39 is 24.3 Å². The van der Waals surface area contributed by atoms with Crippen LogP contribution in [-0.4, -0.2) is 35.4 Å². The number of terminal acetylenes is 2. The van der Waals surface area contributed by atoms with Crippen molar-refractivity contribution in [3.8, 4) is 24.7 Å². The fraction of sp³-hybridized carbons (Fsp3) is 0.346. The van der Waals surface area contributed by atoms with Crippen LogP contribution in [0.4, 0.5) is 4.79 Å². The second-order valence-electron chi connectivity index (χ2n) is 7.70. The predicted molar refractivity (Wildman–Crippen MR) is 120 cm³/mol. The van der Waals surface area contributed by atoms with Crippen molar-refractivity contribution < 1.29 is 28.6 Å². The second-order valence-corrected chi connectivity index (χ2v) is 7.70. The van der Waals surface area contributed by atoms with Crippen LogP contribution in [0.25, 0.3) is 0 Å². The SMILES string of the molecule is C#CCC(CC#C)COC(=O)OC(C)OC(=O)C1CCn2c(C(=O)c3ccccc3)ccc21. The van der Waals surface area contributed by atoms with Crippen molar-refractivity contribution in [1.82, 2.24) is 4.57 Å². The van der Waals surface area contributed by atoms with Gasteiger partial charge in [0.15, 0.2) is 0 Å². The summed E-state index contributed by atoms with van der Waals surface area (Å²) in [6, 6.07) is 12.4. The maximum atomic E-state index is 12.8. The average Bonchev–Trinajstić information content (AvgIpc) is 3.40. The number of nitrogens with zero attached hydrogens (tertiary/aromatic N) is 1. The van der Waals surface area contributed by atoms with Gasteiger partial charge in [-0.15, -0.1) is 24.7 Å². The molecule has 0 saturated carbocycles. The molecular formula is C26H25NO6. The minimum atomic E-state index is -1.14. The van der Waals surface area contributed by atoms with E-state index in [1.54, 1.807) is 36.4 Å². The molecule has 0 amide bonds. The number of fused-ring (bicyclic) bond motifs is 1. The van der Waals surface area contributed by atoms with E-state index in [9.17, 15) is 14.4 Å². The molecule has 1 aromatic heterocycles. The van der Waals surface area contributed by atoms with Gasteiger partial charge in [-0.05, 0) is 18.6 Å². The van der Waals surface area contributed by atoms with Gasteiger partial charge in [-0.3, -0.25) is 9.59 Å². The van der Waals surface area contributed by atoms with Crippen LogP contribution in [0.15, 0.2) is 42.5 Å². The number of hydrogen-bond donors (Lipinski definition) is 0. The Morgan fingerprint density at radius 3 is 2.42 bits per heavy atom. The number of carbonyl (C=O) groups is 3.